The van der Waals surface area contributed by atoms with E-state index in [4.69, 9.17) is 4.74 Å². The number of amides is 1. The molecule has 1 amide bonds. The van der Waals surface area contributed by atoms with Crippen LogP contribution in [0, 0.1) is 0 Å². The number of fused-ring (bicyclic) bond motifs is 1. The van der Waals surface area contributed by atoms with Gasteiger partial charge >= 0.3 is 0 Å². The van der Waals surface area contributed by atoms with Crippen LogP contribution >= 0.6 is 0 Å². The summed E-state index contributed by atoms with van der Waals surface area (Å²) in [5.41, 5.74) is 2.11. The van der Waals surface area contributed by atoms with Gasteiger partial charge in [0.15, 0.2) is 0 Å². The molecule has 3 heterocycles. The van der Waals surface area contributed by atoms with Gasteiger partial charge in [-0.2, -0.15) is 0 Å². The van der Waals surface area contributed by atoms with Gasteiger partial charge in [0.1, 0.15) is 11.6 Å². The Morgan fingerprint density at radius 1 is 0.967 bits per heavy atom. The van der Waals surface area contributed by atoms with Gasteiger partial charge in [0, 0.05) is 50.6 Å². The molecule has 0 atom stereocenters. The topological polar surface area (TPSA) is 57.7 Å². The van der Waals surface area contributed by atoms with Gasteiger partial charge in [-0.3, -0.25) is 9.69 Å². The van der Waals surface area contributed by atoms with Gasteiger partial charge in [0.05, 0.1) is 6.61 Å². The van der Waals surface area contributed by atoms with E-state index in [0.717, 1.165) is 62.9 Å². The van der Waals surface area contributed by atoms with Crippen LogP contribution in [0.3, 0.4) is 0 Å². The summed E-state index contributed by atoms with van der Waals surface area (Å²) in [5.74, 6) is 2.04. The number of pyridine rings is 1. The maximum Gasteiger partial charge on any atom is 0.224 e. The molecule has 0 aliphatic carbocycles. The van der Waals surface area contributed by atoms with Gasteiger partial charge in [0.2, 0.25) is 5.91 Å². The molecule has 4 rings (SSSR count). The van der Waals surface area contributed by atoms with Crippen LogP contribution in [0.2, 0.25) is 0 Å². The minimum Gasteiger partial charge on any atom is -0.494 e. The zero-order valence-electron chi connectivity index (χ0n) is 17.7. The Kier molecular flexibility index (Phi) is 7.19. The summed E-state index contributed by atoms with van der Waals surface area (Å²) in [5, 5.41) is 2.93. The molecule has 1 fully saturated rings. The smallest absolute Gasteiger partial charge is 0.224 e. The standard InChI is InChI=1S/C24H32N4O2/c29-24-11-9-20-8-10-21(19-22(20)26-24)30-18-6-2-1-5-13-27-14-16-28(17-15-27)23-7-3-4-12-25-23/h3-4,7-8,10,12,19H,1-2,5-6,9,11,13-18H2,(H,26,29). The number of benzene rings is 1. The van der Waals surface area contributed by atoms with E-state index < -0.39 is 0 Å². The van der Waals surface area contributed by atoms with Gasteiger partial charge in [-0.15, -0.1) is 0 Å². The zero-order valence-corrected chi connectivity index (χ0v) is 17.7. The molecule has 1 saturated heterocycles. The summed E-state index contributed by atoms with van der Waals surface area (Å²) in [4.78, 5) is 20.9. The van der Waals surface area contributed by atoms with Gasteiger partial charge in [-0.05, 0) is 49.6 Å². The van der Waals surface area contributed by atoms with E-state index in [0.29, 0.717) is 6.42 Å². The predicted octanol–water partition coefficient (Wildman–Crippen LogP) is 3.73. The highest BCUT2D eigenvalue weighted by molar-refractivity contribution is 5.94. The molecule has 1 N–H and O–H groups in total. The van der Waals surface area contributed by atoms with Crippen LogP contribution in [0.4, 0.5) is 11.5 Å². The van der Waals surface area contributed by atoms with Gasteiger partial charge in [-0.1, -0.05) is 25.0 Å². The van der Waals surface area contributed by atoms with Gasteiger partial charge < -0.3 is 15.0 Å². The first kappa shape index (κ1) is 20.7. The number of unbranched alkanes of at least 4 members (excludes halogenated alkanes) is 3. The lowest BCUT2D eigenvalue weighted by Gasteiger charge is -2.35. The number of hydrogen-bond donors (Lipinski definition) is 1. The molecule has 2 aliphatic heterocycles. The number of anilines is 2. The first-order valence-electron chi connectivity index (χ1n) is 11.2. The average molecular weight is 409 g/mol. The van der Waals surface area contributed by atoms with Crippen LogP contribution in [0.5, 0.6) is 5.75 Å². The Bertz CT molecular complexity index is 819. The first-order valence-corrected chi connectivity index (χ1v) is 11.2. The average Bonchev–Trinajstić information content (AvgIpc) is 2.79. The Hall–Kier alpha value is -2.60. The maximum absolute atomic E-state index is 11.5. The molecule has 30 heavy (non-hydrogen) atoms. The Labute approximate surface area is 179 Å². The first-order chi connectivity index (χ1) is 14.8. The highest BCUT2D eigenvalue weighted by Gasteiger charge is 2.17. The molecule has 2 aromatic rings. The van der Waals surface area contributed by atoms with Crippen LogP contribution in [0.15, 0.2) is 42.6 Å². The second kappa shape index (κ2) is 10.4. The van der Waals surface area contributed by atoms with Crippen LogP contribution in [-0.2, 0) is 11.2 Å². The van der Waals surface area contributed by atoms with E-state index in [-0.39, 0.29) is 5.91 Å². The maximum atomic E-state index is 11.5. The van der Waals surface area contributed by atoms with E-state index in [1.807, 2.05) is 24.4 Å². The Balaban J connectivity index is 1.06. The number of piperazine rings is 1. The number of aromatic nitrogens is 1. The summed E-state index contributed by atoms with van der Waals surface area (Å²) >= 11 is 0. The van der Waals surface area contributed by atoms with Gasteiger partial charge in [-0.25, -0.2) is 4.98 Å². The van der Waals surface area contributed by atoms with E-state index in [2.05, 4.69) is 38.3 Å². The third-order valence-electron chi connectivity index (χ3n) is 5.96. The second-order valence-corrected chi connectivity index (χ2v) is 8.15. The van der Waals surface area contributed by atoms with Crippen LogP contribution in [0.1, 0.15) is 37.7 Å². The monoisotopic (exact) mass is 408 g/mol. The van der Waals surface area contributed by atoms with Gasteiger partial charge in [0.25, 0.3) is 0 Å². The number of nitrogens with zero attached hydrogens (tertiary/aromatic N) is 3. The summed E-state index contributed by atoms with van der Waals surface area (Å²) in [6, 6.07) is 12.2. The lowest BCUT2D eigenvalue weighted by atomic mass is 10.0. The number of hydrogen-bond acceptors (Lipinski definition) is 5. The summed E-state index contributed by atoms with van der Waals surface area (Å²) in [7, 11) is 0. The molecule has 6 heteroatoms. The van der Waals surface area contributed by atoms with Crippen molar-refractivity contribution >= 4 is 17.4 Å². The third kappa shape index (κ3) is 5.72. The minimum atomic E-state index is 0.0952. The summed E-state index contributed by atoms with van der Waals surface area (Å²) in [6.45, 7) is 6.28. The van der Waals surface area contributed by atoms with Crippen LogP contribution in [0.25, 0.3) is 0 Å². The fraction of sp³-hybridized carbons (Fsp3) is 0.500. The molecule has 0 bridgehead atoms. The third-order valence-corrected chi connectivity index (χ3v) is 5.96. The van der Waals surface area contributed by atoms with Crippen molar-refractivity contribution in [3.8, 4) is 5.75 Å². The molecule has 0 saturated carbocycles. The van der Waals surface area contributed by atoms with E-state index in [9.17, 15) is 4.79 Å². The van der Waals surface area contributed by atoms with Crippen LogP contribution in [-0.4, -0.2) is 55.1 Å². The number of ether oxygens (including phenoxy) is 1. The molecular weight excluding hydrogens is 376 g/mol. The van der Waals surface area contributed by atoms with E-state index in [1.54, 1.807) is 0 Å². The molecule has 0 spiro atoms. The zero-order chi connectivity index (χ0) is 20.6. The normalized spacial score (nSPS) is 16.8. The van der Waals surface area contributed by atoms with Crippen molar-refractivity contribution in [1.29, 1.82) is 0 Å². The minimum absolute atomic E-state index is 0.0952. The summed E-state index contributed by atoms with van der Waals surface area (Å²) < 4.78 is 5.88. The molecule has 1 aromatic heterocycles. The molecule has 2 aliphatic rings. The Morgan fingerprint density at radius 2 is 1.83 bits per heavy atom. The second-order valence-electron chi connectivity index (χ2n) is 8.15. The van der Waals surface area contributed by atoms with E-state index >= 15 is 0 Å². The van der Waals surface area contributed by atoms with Crippen molar-refractivity contribution < 1.29 is 9.53 Å². The molecule has 0 unspecified atom stereocenters. The molecular formula is C24H32N4O2. The number of carbonyl (C=O) groups is 1. The van der Waals surface area contributed by atoms with Crippen molar-refractivity contribution in [2.45, 2.75) is 38.5 Å². The lowest BCUT2D eigenvalue weighted by Crippen LogP contribution is -2.46. The van der Waals surface area contributed by atoms with Crippen molar-refractivity contribution in [2.24, 2.45) is 0 Å². The van der Waals surface area contributed by atoms with Crippen LogP contribution < -0.4 is 15.0 Å². The Morgan fingerprint density at radius 3 is 2.67 bits per heavy atom. The molecule has 160 valence electrons. The fourth-order valence-corrected chi connectivity index (χ4v) is 4.16. The quantitative estimate of drug-likeness (QED) is 0.641. The molecule has 0 radical (unpaired) electrons. The molecule has 1 aromatic carbocycles. The van der Waals surface area contributed by atoms with Crippen molar-refractivity contribution in [3.63, 3.8) is 0 Å². The van der Waals surface area contributed by atoms with E-state index in [1.165, 1.54) is 31.4 Å². The number of rotatable bonds is 9. The summed E-state index contributed by atoms with van der Waals surface area (Å²) in [6.07, 6.45) is 8.01. The van der Waals surface area contributed by atoms with Crippen molar-refractivity contribution in [1.82, 2.24) is 9.88 Å². The SMILES string of the molecule is O=C1CCc2ccc(OCCCCCCN3CCN(c4ccccn4)CC3)cc2N1. The van der Waals surface area contributed by atoms with Crippen molar-refractivity contribution in [3.05, 3.63) is 48.2 Å². The van der Waals surface area contributed by atoms with Crippen molar-refractivity contribution in [2.75, 3.05) is 49.5 Å². The highest BCUT2D eigenvalue weighted by Crippen LogP contribution is 2.27. The number of aryl methyl sites for hydroxylation is 1. The number of carbonyl (C=O) groups excluding carboxylic acids is 1. The fourth-order valence-electron chi connectivity index (χ4n) is 4.16. The number of nitrogens with one attached hydrogen (secondary N) is 1. The highest BCUT2D eigenvalue weighted by atomic mass is 16.5. The predicted molar refractivity (Wildman–Crippen MR) is 120 cm³/mol. The lowest BCUT2D eigenvalue weighted by molar-refractivity contribution is -0.116. The molecule has 6 nitrogen and oxygen atoms in total. The largest absolute Gasteiger partial charge is 0.494 e.